The largest absolute Gasteiger partial charge is 0.496 e. The number of carbonyl (C=O) groups excluding carboxylic acids is 2. The molecule has 0 aromatic heterocycles. The maximum atomic E-state index is 12.1. The number of carbonyl (C=O) groups is 2. The molecular formula is C18H16BrN3O5. The average molecular weight is 434 g/mol. The van der Waals surface area contributed by atoms with E-state index < -0.39 is 11.8 Å². The van der Waals surface area contributed by atoms with Crippen LogP contribution in [0.1, 0.15) is 15.9 Å². The molecule has 140 valence electrons. The summed E-state index contributed by atoms with van der Waals surface area (Å²) in [5, 5.41) is 6.39. The summed E-state index contributed by atoms with van der Waals surface area (Å²) in [7, 11) is 1.55. The summed E-state index contributed by atoms with van der Waals surface area (Å²) in [5.74, 6) is 0.837. The summed E-state index contributed by atoms with van der Waals surface area (Å²) in [6, 6.07) is 10.2. The molecule has 9 heteroatoms. The van der Waals surface area contributed by atoms with E-state index in [1.807, 2.05) is 6.07 Å². The molecule has 2 amide bonds. The van der Waals surface area contributed by atoms with Crippen LogP contribution in [0.3, 0.4) is 0 Å². The standard InChI is InChI=1S/C18H16BrN3O5/c1-25-14-5-3-13(19)6-12(14)8-21-22-17(23)9-20-18(24)11-2-4-15-16(7-11)27-10-26-15/h2-8H,9-10H2,1H3,(H,20,24)(H,22,23)/b21-8-. The van der Waals surface area contributed by atoms with Crippen LogP contribution in [0.25, 0.3) is 0 Å². The van der Waals surface area contributed by atoms with Crippen LogP contribution >= 0.6 is 15.9 Å². The number of hydrogen-bond donors (Lipinski definition) is 2. The Hall–Kier alpha value is -3.07. The molecule has 27 heavy (non-hydrogen) atoms. The molecule has 1 aliphatic rings. The van der Waals surface area contributed by atoms with Crippen LogP contribution in [0, 0.1) is 0 Å². The number of fused-ring (bicyclic) bond motifs is 1. The second kappa shape index (κ2) is 8.54. The number of halogens is 1. The number of nitrogens with zero attached hydrogens (tertiary/aromatic N) is 1. The van der Waals surface area contributed by atoms with Crippen LogP contribution in [-0.4, -0.2) is 38.5 Å². The lowest BCUT2D eigenvalue weighted by Crippen LogP contribution is -2.34. The zero-order chi connectivity index (χ0) is 19.2. The Morgan fingerprint density at radius 3 is 2.85 bits per heavy atom. The molecule has 3 rings (SSSR count). The monoisotopic (exact) mass is 433 g/mol. The van der Waals surface area contributed by atoms with E-state index in [0.717, 1.165) is 4.47 Å². The summed E-state index contributed by atoms with van der Waals surface area (Å²) in [6.07, 6.45) is 1.46. The van der Waals surface area contributed by atoms with Gasteiger partial charge in [-0.25, -0.2) is 5.43 Å². The summed E-state index contributed by atoms with van der Waals surface area (Å²) in [4.78, 5) is 24.0. The summed E-state index contributed by atoms with van der Waals surface area (Å²) >= 11 is 3.36. The molecule has 2 aromatic carbocycles. The van der Waals surface area contributed by atoms with Crippen molar-refractivity contribution in [2.75, 3.05) is 20.4 Å². The topological polar surface area (TPSA) is 98.2 Å². The van der Waals surface area contributed by atoms with E-state index in [0.29, 0.717) is 28.4 Å². The maximum Gasteiger partial charge on any atom is 0.259 e. The van der Waals surface area contributed by atoms with Gasteiger partial charge >= 0.3 is 0 Å². The van der Waals surface area contributed by atoms with Gasteiger partial charge in [0.1, 0.15) is 5.75 Å². The van der Waals surface area contributed by atoms with Gasteiger partial charge in [0, 0.05) is 15.6 Å². The first-order valence-electron chi connectivity index (χ1n) is 7.90. The van der Waals surface area contributed by atoms with Gasteiger partial charge in [-0.05, 0) is 36.4 Å². The summed E-state index contributed by atoms with van der Waals surface area (Å²) in [5.41, 5.74) is 3.41. The molecule has 2 N–H and O–H groups in total. The number of hydrazone groups is 1. The molecule has 0 radical (unpaired) electrons. The smallest absolute Gasteiger partial charge is 0.259 e. The zero-order valence-electron chi connectivity index (χ0n) is 14.3. The molecule has 2 aromatic rings. The van der Waals surface area contributed by atoms with Gasteiger partial charge < -0.3 is 19.5 Å². The second-order valence-electron chi connectivity index (χ2n) is 5.43. The highest BCUT2D eigenvalue weighted by atomic mass is 79.9. The zero-order valence-corrected chi connectivity index (χ0v) is 15.9. The van der Waals surface area contributed by atoms with E-state index in [9.17, 15) is 9.59 Å². The average Bonchev–Trinajstić information content (AvgIpc) is 3.14. The van der Waals surface area contributed by atoms with Crippen molar-refractivity contribution in [3.8, 4) is 17.2 Å². The Labute approximate surface area is 163 Å². The fourth-order valence-corrected chi connectivity index (χ4v) is 2.70. The van der Waals surface area contributed by atoms with Crippen LogP contribution in [-0.2, 0) is 4.79 Å². The number of ether oxygens (including phenoxy) is 3. The van der Waals surface area contributed by atoms with Gasteiger partial charge in [-0.3, -0.25) is 9.59 Å². The molecular weight excluding hydrogens is 418 g/mol. The fourth-order valence-electron chi connectivity index (χ4n) is 2.32. The third-order valence-electron chi connectivity index (χ3n) is 3.63. The van der Waals surface area contributed by atoms with Crippen molar-refractivity contribution < 1.29 is 23.8 Å². The van der Waals surface area contributed by atoms with E-state index in [2.05, 4.69) is 31.8 Å². The number of methoxy groups -OCH3 is 1. The molecule has 0 atom stereocenters. The Balaban J connectivity index is 1.51. The molecule has 1 heterocycles. The minimum Gasteiger partial charge on any atom is -0.496 e. The van der Waals surface area contributed by atoms with Gasteiger partial charge in [-0.2, -0.15) is 5.10 Å². The van der Waals surface area contributed by atoms with Crippen molar-refractivity contribution >= 4 is 34.0 Å². The lowest BCUT2D eigenvalue weighted by molar-refractivity contribution is -0.120. The van der Waals surface area contributed by atoms with Crippen molar-refractivity contribution in [3.05, 3.63) is 52.0 Å². The lowest BCUT2D eigenvalue weighted by Gasteiger charge is -2.06. The first kappa shape index (κ1) is 18.7. The quantitative estimate of drug-likeness (QED) is 0.536. The van der Waals surface area contributed by atoms with E-state index >= 15 is 0 Å². The third kappa shape index (κ3) is 4.76. The molecule has 0 saturated heterocycles. The van der Waals surface area contributed by atoms with Crippen LogP contribution in [0.5, 0.6) is 17.2 Å². The number of nitrogens with one attached hydrogen (secondary N) is 2. The summed E-state index contributed by atoms with van der Waals surface area (Å²) < 4.78 is 16.5. The molecule has 0 unspecified atom stereocenters. The van der Waals surface area contributed by atoms with Crippen molar-refractivity contribution in [3.63, 3.8) is 0 Å². The predicted molar refractivity (Wildman–Crippen MR) is 101 cm³/mol. The Morgan fingerprint density at radius 2 is 2.04 bits per heavy atom. The molecule has 0 saturated carbocycles. The highest BCUT2D eigenvalue weighted by Crippen LogP contribution is 2.32. The lowest BCUT2D eigenvalue weighted by atomic mass is 10.2. The highest BCUT2D eigenvalue weighted by molar-refractivity contribution is 9.10. The third-order valence-corrected chi connectivity index (χ3v) is 4.12. The molecule has 0 bridgehead atoms. The Morgan fingerprint density at radius 1 is 1.22 bits per heavy atom. The molecule has 0 spiro atoms. The van der Waals surface area contributed by atoms with Gasteiger partial charge in [-0.1, -0.05) is 15.9 Å². The van der Waals surface area contributed by atoms with E-state index in [-0.39, 0.29) is 13.3 Å². The van der Waals surface area contributed by atoms with Gasteiger partial charge in [0.2, 0.25) is 6.79 Å². The Bertz CT molecular complexity index is 901. The second-order valence-corrected chi connectivity index (χ2v) is 6.35. The van der Waals surface area contributed by atoms with Gasteiger partial charge in [0.05, 0.1) is 19.9 Å². The van der Waals surface area contributed by atoms with Gasteiger partial charge in [0.15, 0.2) is 11.5 Å². The SMILES string of the molecule is COc1ccc(Br)cc1/C=N\NC(=O)CNC(=O)c1ccc2c(c1)OCO2. The predicted octanol–water partition coefficient (Wildman–Crippen LogP) is 2.07. The van der Waals surface area contributed by atoms with E-state index in [1.54, 1.807) is 37.4 Å². The van der Waals surface area contributed by atoms with Crippen molar-refractivity contribution in [2.24, 2.45) is 5.10 Å². The number of hydrogen-bond acceptors (Lipinski definition) is 6. The minimum atomic E-state index is -0.464. The van der Waals surface area contributed by atoms with Crippen LogP contribution in [0.2, 0.25) is 0 Å². The normalized spacial score (nSPS) is 12.1. The Kier molecular flexibility index (Phi) is 5.92. The van der Waals surface area contributed by atoms with Crippen LogP contribution < -0.4 is 25.0 Å². The first-order valence-corrected chi connectivity index (χ1v) is 8.69. The molecule has 0 aliphatic carbocycles. The number of rotatable bonds is 6. The maximum absolute atomic E-state index is 12.1. The number of amides is 2. The molecule has 0 fully saturated rings. The van der Waals surface area contributed by atoms with Crippen LogP contribution in [0.4, 0.5) is 0 Å². The van der Waals surface area contributed by atoms with E-state index in [1.165, 1.54) is 6.21 Å². The number of benzene rings is 2. The minimum absolute atomic E-state index is 0.129. The van der Waals surface area contributed by atoms with Gasteiger partial charge in [-0.15, -0.1) is 0 Å². The first-order chi connectivity index (χ1) is 13.1. The fraction of sp³-hybridized carbons (Fsp3) is 0.167. The summed E-state index contributed by atoms with van der Waals surface area (Å²) in [6.45, 7) is -0.0934. The molecule has 8 nitrogen and oxygen atoms in total. The van der Waals surface area contributed by atoms with Crippen molar-refractivity contribution in [1.82, 2.24) is 10.7 Å². The van der Waals surface area contributed by atoms with E-state index in [4.69, 9.17) is 14.2 Å². The van der Waals surface area contributed by atoms with Crippen LogP contribution in [0.15, 0.2) is 46.0 Å². The van der Waals surface area contributed by atoms with Crippen molar-refractivity contribution in [2.45, 2.75) is 0 Å². The highest BCUT2D eigenvalue weighted by Gasteiger charge is 2.16. The van der Waals surface area contributed by atoms with Gasteiger partial charge in [0.25, 0.3) is 11.8 Å². The molecule has 1 aliphatic heterocycles. The van der Waals surface area contributed by atoms with Crippen molar-refractivity contribution in [1.29, 1.82) is 0 Å².